The highest BCUT2D eigenvalue weighted by atomic mass is 32.2. The van der Waals surface area contributed by atoms with E-state index in [0.29, 0.717) is 29.0 Å². The van der Waals surface area contributed by atoms with Crippen LogP contribution in [-0.2, 0) is 11.3 Å². The molecule has 28 heavy (non-hydrogen) atoms. The summed E-state index contributed by atoms with van der Waals surface area (Å²) < 4.78 is 15.8. The maximum Gasteiger partial charge on any atom is 0.233 e. The van der Waals surface area contributed by atoms with Crippen molar-refractivity contribution in [3.05, 3.63) is 42.0 Å². The first-order chi connectivity index (χ1) is 13.5. The first kappa shape index (κ1) is 19.9. The molecular weight excluding hydrogens is 378 g/mol. The number of amides is 1. The number of hydrogen-bond donors (Lipinski definition) is 1. The van der Waals surface area contributed by atoms with Gasteiger partial charge in [-0.3, -0.25) is 4.79 Å². The molecule has 7 nitrogen and oxygen atoms in total. The summed E-state index contributed by atoms with van der Waals surface area (Å²) in [6.07, 6.45) is 0. The minimum absolute atomic E-state index is 0.0119. The topological polar surface area (TPSA) is 76.7 Å². The van der Waals surface area contributed by atoms with E-state index in [0.717, 1.165) is 22.3 Å². The lowest BCUT2D eigenvalue weighted by Gasteiger charge is -2.18. The molecule has 8 heteroatoms. The summed E-state index contributed by atoms with van der Waals surface area (Å²) >= 11 is 1.38. The molecule has 0 fully saturated rings. The number of fused-ring (bicyclic) bond motifs is 1. The summed E-state index contributed by atoms with van der Waals surface area (Å²) in [7, 11) is 6.60. The average Bonchev–Trinajstić information content (AvgIpc) is 3.13. The quantitative estimate of drug-likeness (QED) is 0.584. The fourth-order valence-corrected chi connectivity index (χ4v) is 3.57. The Morgan fingerprint density at radius 2 is 1.86 bits per heavy atom. The number of nitrogens with one attached hydrogen (secondary N) is 1. The second kappa shape index (κ2) is 8.88. The van der Waals surface area contributed by atoms with Crippen molar-refractivity contribution in [2.45, 2.75) is 11.7 Å². The molecule has 3 aromatic rings. The third-order valence-electron chi connectivity index (χ3n) is 4.29. The number of imidazole rings is 1. The van der Waals surface area contributed by atoms with Gasteiger partial charge in [0, 0.05) is 19.7 Å². The minimum Gasteiger partial charge on any atom is -0.497 e. The maximum atomic E-state index is 12.5. The van der Waals surface area contributed by atoms with Crippen LogP contribution >= 0.6 is 11.8 Å². The summed E-state index contributed by atoms with van der Waals surface area (Å²) in [5, 5.41) is 0.705. The Labute approximate surface area is 168 Å². The number of thioether (sulfide) groups is 1. The van der Waals surface area contributed by atoms with Gasteiger partial charge in [0.15, 0.2) is 16.7 Å². The molecule has 1 aromatic heterocycles. The van der Waals surface area contributed by atoms with Crippen LogP contribution in [-0.4, -0.2) is 54.9 Å². The van der Waals surface area contributed by atoms with Gasteiger partial charge in [-0.05, 0) is 29.8 Å². The van der Waals surface area contributed by atoms with Crippen molar-refractivity contribution >= 4 is 28.7 Å². The van der Waals surface area contributed by atoms with E-state index in [2.05, 4.69) is 9.97 Å². The van der Waals surface area contributed by atoms with Crippen molar-refractivity contribution in [1.29, 1.82) is 0 Å². The Hall–Kier alpha value is -2.87. The molecule has 1 heterocycles. The summed E-state index contributed by atoms with van der Waals surface area (Å²) in [5.74, 6) is 2.38. The van der Waals surface area contributed by atoms with Crippen LogP contribution < -0.4 is 14.2 Å². The van der Waals surface area contributed by atoms with Crippen LogP contribution in [0.3, 0.4) is 0 Å². The Morgan fingerprint density at radius 3 is 2.57 bits per heavy atom. The van der Waals surface area contributed by atoms with Crippen molar-refractivity contribution < 1.29 is 19.0 Å². The number of hydrogen-bond acceptors (Lipinski definition) is 6. The third-order valence-corrected chi connectivity index (χ3v) is 5.15. The van der Waals surface area contributed by atoms with Gasteiger partial charge in [-0.2, -0.15) is 0 Å². The molecule has 148 valence electrons. The predicted octanol–water partition coefficient (Wildman–Crippen LogP) is 3.34. The molecule has 0 aliphatic heterocycles. The van der Waals surface area contributed by atoms with E-state index in [4.69, 9.17) is 14.2 Å². The van der Waals surface area contributed by atoms with E-state index in [1.54, 1.807) is 33.3 Å². The molecule has 0 unspecified atom stereocenters. The highest BCUT2D eigenvalue weighted by Gasteiger charge is 2.13. The lowest BCUT2D eigenvalue weighted by atomic mass is 10.2. The van der Waals surface area contributed by atoms with Gasteiger partial charge >= 0.3 is 0 Å². The van der Waals surface area contributed by atoms with E-state index in [9.17, 15) is 4.79 Å². The fraction of sp³-hybridized carbons (Fsp3) is 0.300. The average molecular weight is 401 g/mol. The zero-order valence-electron chi connectivity index (χ0n) is 16.3. The molecule has 0 saturated carbocycles. The lowest BCUT2D eigenvalue weighted by molar-refractivity contribution is -0.127. The number of H-pyrrole nitrogens is 1. The molecule has 1 N–H and O–H groups in total. The first-order valence-electron chi connectivity index (χ1n) is 8.65. The number of ether oxygens (including phenoxy) is 3. The third kappa shape index (κ3) is 4.51. The van der Waals surface area contributed by atoms with Crippen molar-refractivity contribution in [1.82, 2.24) is 14.9 Å². The van der Waals surface area contributed by atoms with Crippen LogP contribution in [0.5, 0.6) is 17.2 Å². The highest BCUT2D eigenvalue weighted by Crippen LogP contribution is 2.28. The number of carbonyl (C=O) groups excluding carboxylic acids is 1. The largest absolute Gasteiger partial charge is 0.497 e. The maximum absolute atomic E-state index is 12.5. The summed E-state index contributed by atoms with van der Waals surface area (Å²) in [5.41, 5.74) is 2.69. The molecule has 1 amide bonds. The predicted molar refractivity (Wildman–Crippen MR) is 109 cm³/mol. The Balaban J connectivity index is 1.60. The molecule has 0 aliphatic carbocycles. The van der Waals surface area contributed by atoms with Gasteiger partial charge in [-0.15, -0.1) is 0 Å². The van der Waals surface area contributed by atoms with Crippen LogP contribution in [0.25, 0.3) is 11.0 Å². The van der Waals surface area contributed by atoms with E-state index in [-0.39, 0.29) is 5.91 Å². The monoisotopic (exact) mass is 401 g/mol. The number of aromatic amines is 1. The number of carbonyl (C=O) groups is 1. The fourth-order valence-electron chi connectivity index (χ4n) is 2.74. The van der Waals surface area contributed by atoms with Gasteiger partial charge in [0.2, 0.25) is 5.91 Å². The van der Waals surface area contributed by atoms with Crippen molar-refractivity contribution in [3.63, 3.8) is 0 Å². The van der Waals surface area contributed by atoms with Crippen LogP contribution in [0.1, 0.15) is 5.56 Å². The van der Waals surface area contributed by atoms with Gasteiger partial charge in [-0.25, -0.2) is 4.98 Å². The summed E-state index contributed by atoms with van der Waals surface area (Å²) in [6.45, 7) is 0.483. The number of rotatable bonds is 8. The molecule has 0 saturated heterocycles. The van der Waals surface area contributed by atoms with Gasteiger partial charge < -0.3 is 24.1 Å². The Morgan fingerprint density at radius 1 is 1.07 bits per heavy atom. The number of benzene rings is 2. The normalized spacial score (nSPS) is 10.7. The van der Waals surface area contributed by atoms with Crippen molar-refractivity contribution in [2.24, 2.45) is 0 Å². The molecule has 0 aliphatic rings. The second-order valence-corrected chi connectivity index (χ2v) is 7.12. The standard InChI is InChI=1S/C20H23N3O4S/c1-23(11-13-5-8-17(26-3)18(9-13)27-4)19(24)12-28-20-21-15-7-6-14(25-2)10-16(15)22-20/h5-10H,11-12H2,1-4H3,(H,21,22). The van der Waals surface area contributed by atoms with Crippen molar-refractivity contribution in [3.8, 4) is 17.2 Å². The summed E-state index contributed by atoms with van der Waals surface area (Å²) in [4.78, 5) is 21.9. The van der Waals surface area contributed by atoms with Gasteiger partial charge in [-0.1, -0.05) is 17.8 Å². The number of aromatic nitrogens is 2. The second-order valence-electron chi connectivity index (χ2n) is 6.15. The molecule has 3 rings (SSSR count). The highest BCUT2D eigenvalue weighted by molar-refractivity contribution is 7.99. The van der Waals surface area contributed by atoms with Crippen LogP contribution in [0.4, 0.5) is 0 Å². The van der Waals surface area contributed by atoms with Crippen molar-refractivity contribution in [2.75, 3.05) is 34.1 Å². The molecule has 2 aromatic carbocycles. The molecule has 0 radical (unpaired) electrons. The Bertz CT molecular complexity index is 973. The van der Waals surface area contributed by atoms with E-state index < -0.39 is 0 Å². The number of methoxy groups -OCH3 is 3. The van der Waals surface area contributed by atoms with E-state index >= 15 is 0 Å². The molecule has 0 atom stereocenters. The molecule has 0 spiro atoms. The van der Waals surface area contributed by atoms with Crippen LogP contribution in [0.2, 0.25) is 0 Å². The SMILES string of the molecule is COc1ccc2nc(SCC(=O)N(C)Cc3ccc(OC)c(OC)c3)[nH]c2c1. The molecular formula is C20H23N3O4S. The van der Waals surface area contributed by atoms with Gasteiger partial charge in [0.1, 0.15) is 5.75 Å². The van der Waals surface area contributed by atoms with Gasteiger partial charge in [0.25, 0.3) is 0 Å². The lowest BCUT2D eigenvalue weighted by Crippen LogP contribution is -2.27. The molecule has 0 bridgehead atoms. The Kier molecular flexibility index (Phi) is 6.30. The zero-order chi connectivity index (χ0) is 20.1. The van der Waals surface area contributed by atoms with Crippen LogP contribution in [0, 0.1) is 0 Å². The minimum atomic E-state index is 0.0119. The first-order valence-corrected chi connectivity index (χ1v) is 9.64. The summed E-state index contributed by atoms with van der Waals surface area (Å²) in [6, 6.07) is 11.3. The van der Waals surface area contributed by atoms with E-state index in [1.807, 2.05) is 36.4 Å². The smallest absolute Gasteiger partial charge is 0.233 e. The van der Waals surface area contributed by atoms with E-state index in [1.165, 1.54) is 11.8 Å². The van der Waals surface area contributed by atoms with Crippen LogP contribution in [0.15, 0.2) is 41.6 Å². The number of nitrogens with zero attached hydrogens (tertiary/aromatic N) is 2. The van der Waals surface area contributed by atoms with Gasteiger partial charge in [0.05, 0.1) is 38.1 Å². The zero-order valence-corrected chi connectivity index (χ0v) is 17.1.